The van der Waals surface area contributed by atoms with E-state index in [2.05, 4.69) is 0 Å². The normalized spacial score (nSPS) is 16.5. The van der Waals surface area contributed by atoms with E-state index in [4.69, 9.17) is 12.2 Å². The first-order chi connectivity index (χ1) is 5.20. The number of Topliss-reactive ketones (excluding diaryl/α,β-unsaturated/α-hetero) is 1. The molecule has 1 rings (SSSR count). The second-order valence-corrected chi connectivity index (χ2v) is 3.12. The fourth-order valence-electron chi connectivity index (χ4n) is 1.01. The molecule has 0 aromatic heterocycles. The number of hydrogen-bond donors (Lipinski definition) is 0. The molecule has 0 saturated heterocycles. The minimum atomic E-state index is 0.175. The number of ketones is 1. The molecule has 0 bridgehead atoms. The summed E-state index contributed by atoms with van der Waals surface area (Å²) in [5, 5.41) is 0. The van der Waals surface area contributed by atoms with Gasteiger partial charge < -0.3 is 0 Å². The van der Waals surface area contributed by atoms with E-state index in [1.165, 1.54) is 0 Å². The third-order valence-electron chi connectivity index (χ3n) is 1.53. The van der Waals surface area contributed by atoms with E-state index in [0.717, 1.165) is 16.9 Å². The van der Waals surface area contributed by atoms with Crippen LogP contribution in [-0.2, 0) is 4.79 Å². The maximum absolute atomic E-state index is 10.7. The average Bonchev–Trinajstić information content (AvgIpc) is 1.93. The molecule has 0 atom stereocenters. The molecule has 0 spiro atoms. The van der Waals surface area contributed by atoms with Gasteiger partial charge in [-0.05, 0) is 12.5 Å². The maximum atomic E-state index is 10.7. The van der Waals surface area contributed by atoms with Crippen molar-refractivity contribution in [3.05, 3.63) is 23.8 Å². The van der Waals surface area contributed by atoms with Gasteiger partial charge in [-0.3, -0.25) is 4.79 Å². The predicted octanol–water partition coefficient (Wildman–Crippen LogP) is 2.22. The minimum absolute atomic E-state index is 0.175. The quantitative estimate of drug-likeness (QED) is 0.585. The van der Waals surface area contributed by atoms with E-state index in [0.29, 0.717) is 6.42 Å². The Kier molecular flexibility index (Phi) is 2.71. The van der Waals surface area contributed by atoms with E-state index in [-0.39, 0.29) is 5.78 Å². The van der Waals surface area contributed by atoms with Crippen molar-refractivity contribution in [2.75, 3.05) is 0 Å². The van der Waals surface area contributed by atoms with Crippen molar-refractivity contribution >= 4 is 22.9 Å². The van der Waals surface area contributed by atoms with Crippen molar-refractivity contribution in [1.82, 2.24) is 0 Å². The van der Waals surface area contributed by atoms with Gasteiger partial charge in [-0.25, -0.2) is 0 Å². The Hall–Kier alpha value is -0.760. The van der Waals surface area contributed by atoms with E-state index >= 15 is 0 Å². The predicted molar refractivity (Wildman–Crippen MR) is 49.7 cm³/mol. The second kappa shape index (κ2) is 3.58. The summed E-state index contributed by atoms with van der Waals surface area (Å²) in [6.07, 6.45) is 7.19. The lowest BCUT2D eigenvalue weighted by Crippen LogP contribution is -2.05. The summed E-state index contributed by atoms with van der Waals surface area (Å²) in [6, 6.07) is 0. The van der Waals surface area contributed by atoms with Crippen molar-refractivity contribution in [3.8, 4) is 0 Å². The van der Waals surface area contributed by atoms with Gasteiger partial charge in [0.2, 0.25) is 0 Å². The molecule has 0 radical (unpaired) electrons. The molecule has 0 aromatic carbocycles. The topological polar surface area (TPSA) is 17.1 Å². The molecular weight excluding hydrogens is 156 g/mol. The average molecular weight is 166 g/mol. The molecule has 0 unspecified atom stereocenters. The van der Waals surface area contributed by atoms with E-state index in [1.54, 1.807) is 6.92 Å². The summed E-state index contributed by atoms with van der Waals surface area (Å²) in [5.41, 5.74) is 1.01. The number of carbonyl (C=O) groups excluding carboxylic acids is 1. The standard InChI is InChI=1S/C9H10OS/c1-7(10)6-8-4-2-3-5-9(8)11/h2-4H,5-6H2,1H3. The molecular formula is C9H10OS. The van der Waals surface area contributed by atoms with Gasteiger partial charge in [0.15, 0.2) is 0 Å². The molecule has 11 heavy (non-hydrogen) atoms. The van der Waals surface area contributed by atoms with E-state index < -0.39 is 0 Å². The Bertz CT molecular complexity index is 248. The fraction of sp³-hybridized carbons (Fsp3) is 0.333. The van der Waals surface area contributed by atoms with Crippen LogP contribution in [0.2, 0.25) is 0 Å². The van der Waals surface area contributed by atoms with Crippen LogP contribution in [0.4, 0.5) is 0 Å². The third kappa shape index (κ3) is 2.39. The van der Waals surface area contributed by atoms with Gasteiger partial charge in [0.05, 0.1) is 0 Å². The first-order valence-corrected chi connectivity index (χ1v) is 3.99. The molecule has 0 saturated carbocycles. The maximum Gasteiger partial charge on any atom is 0.134 e. The zero-order valence-corrected chi connectivity index (χ0v) is 7.28. The first-order valence-electron chi connectivity index (χ1n) is 3.58. The third-order valence-corrected chi connectivity index (χ3v) is 1.96. The molecule has 0 N–H and O–H groups in total. The molecule has 0 amide bonds. The van der Waals surface area contributed by atoms with Crippen molar-refractivity contribution in [1.29, 1.82) is 0 Å². The Labute approximate surface area is 71.8 Å². The number of allylic oxidation sites excluding steroid dienone is 4. The van der Waals surface area contributed by atoms with Gasteiger partial charge in [-0.2, -0.15) is 0 Å². The van der Waals surface area contributed by atoms with Gasteiger partial charge >= 0.3 is 0 Å². The zero-order chi connectivity index (χ0) is 8.27. The summed E-state index contributed by atoms with van der Waals surface area (Å²) in [7, 11) is 0. The van der Waals surface area contributed by atoms with E-state index in [1.807, 2.05) is 18.2 Å². The first kappa shape index (κ1) is 8.34. The van der Waals surface area contributed by atoms with E-state index in [9.17, 15) is 4.79 Å². The monoisotopic (exact) mass is 166 g/mol. The van der Waals surface area contributed by atoms with Crippen LogP contribution in [0.25, 0.3) is 0 Å². The molecule has 1 aliphatic rings. The Morgan fingerprint density at radius 2 is 2.45 bits per heavy atom. The molecule has 0 heterocycles. The van der Waals surface area contributed by atoms with Gasteiger partial charge in [0.1, 0.15) is 5.78 Å². The van der Waals surface area contributed by atoms with Crippen LogP contribution in [0.1, 0.15) is 19.8 Å². The van der Waals surface area contributed by atoms with Crippen molar-refractivity contribution < 1.29 is 4.79 Å². The van der Waals surface area contributed by atoms with Crippen LogP contribution >= 0.6 is 12.2 Å². The minimum Gasteiger partial charge on any atom is -0.300 e. The summed E-state index contributed by atoms with van der Waals surface area (Å²) < 4.78 is 0. The largest absolute Gasteiger partial charge is 0.300 e. The Balaban J connectivity index is 2.68. The summed E-state index contributed by atoms with van der Waals surface area (Å²) >= 11 is 5.07. The highest BCUT2D eigenvalue weighted by Crippen LogP contribution is 2.13. The molecule has 0 aromatic rings. The SMILES string of the molecule is CC(=O)CC1=CC=CCC1=S. The number of thiocarbonyl (C=S) groups is 1. The van der Waals surface area contributed by atoms with Crippen LogP contribution in [0.3, 0.4) is 0 Å². The molecule has 1 aliphatic carbocycles. The summed E-state index contributed by atoms with van der Waals surface area (Å²) in [6.45, 7) is 1.59. The highest BCUT2D eigenvalue weighted by Gasteiger charge is 2.07. The zero-order valence-electron chi connectivity index (χ0n) is 6.46. The van der Waals surface area contributed by atoms with Crippen LogP contribution in [0, 0.1) is 0 Å². The smallest absolute Gasteiger partial charge is 0.134 e. The van der Waals surface area contributed by atoms with Gasteiger partial charge in [-0.1, -0.05) is 30.4 Å². The molecule has 0 aliphatic heterocycles. The molecule has 0 fully saturated rings. The van der Waals surface area contributed by atoms with Crippen LogP contribution < -0.4 is 0 Å². The van der Waals surface area contributed by atoms with Gasteiger partial charge in [-0.15, -0.1) is 0 Å². The second-order valence-electron chi connectivity index (χ2n) is 2.63. The molecule has 2 heteroatoms. The number of rotatable bonds is 2. The highest BCUT2D eigenvalue weighted by atomic mass is 32.1. The lowest BCUT2D eigenvalue weighted by Gasteiger charge is -2.07. The Morgan fingerprint density at radius 3 is 3.00 bits per heavy atom. The van der Waals surface area contributed by atoms with Crippen LogP contribution in [-0.4, -0.2) is 10.6 Å². The van der Waals surface area contributed by atoms with Gasteiger partial charge in [0.25, 0.3) is 0 Å². The van der Waals surface area contributed by atoms with Crippen molar-refractivity contribution in [2.45, 2.75) is 19.8 Å². The van der Waals surface area contributed by atoms with Crippen LogP contribution in [0.15, 0.2) is 23.8 Å². The Morgan fingerprint density at radius 1 is 1.73 bits per heavy atom. The fourth-order valence-corrected chi connectivity index (χ4v) is 1.25. The summed E-state index contributed by atoms with van der Waals surface area (Å²) in [4.78, 5) is 11.6. The van der Waals surface area contributed by atoms with Crippen LogP contribution in [0.5, 0.6) is 0 Å². The van der Waals surface area contributed by atoms with Crippen molar-refractivity contribution in [2.24, 2.45) is 0 Å². The highest BCUT2D eigenvalue weighted by molar-refractivity contribution is 7.80. The molecule has 58 valence electrons. The number of carbonyl (C=O) groups is 1. The summed E-state index contributed by atoms with van der Waals surface area (Å²) in [5.74, 6) is 0.175. The van der Waals surface area contributed by atoms with Gasteiger partial charge in [0, 0.05) is 17.7 Å². The molecule has 1 nitrogen and oxygen atoms in total. The number of hydrogen-bond acceptors (Lipinski definition) is 2. The lowest BCUT2D eigenvalue weighted by atomic mass is 10.0. The van der Waals surface area contributed by atoms with Crippen molar-refractivity contribution in [3.63, 3.8) is 0 Å². The lowest BCUT2D eigenvalue weighted by molar-refractivity contribution is -0.116.